The maximum absolute atomic E-state index is 12.0. The lowest BCUT2D eigenvalue weighted by Gasteiger charge is -2.28. The summed E-state index contributed by atoms with van der Waals surface area (Å²) >= 11 is 12.0. The van der Waals surface area contributed by atoms with Crippen molar-refractivity contribution < 1.29 is 9.59 Å². The van der Waals surface area contributed by atoms with E-state index in [0.717, 1.165) is 5.56 Å². The van der Waals surface area contributed by atoms with Gasteiger partial charge in [0.15, 0.2) is 0 Å². The van der Waals surface area contributed by atoms with Crippen molar-refractivity contribution in [2.45, 2.75) is 32.9 Å². The Morgan fingerprint density at radius 1 is 1.35 bits per heavy atom. The number of hydrogen-bond acceptors (Lipinski definition) is 2. The molecule has 1 unspecified atom stereocenters. The summed E-state index contributed by atoms with van der Waals surface area (Å²) in [5, 5.41) is 3.56. The fourth-order valence-corrected chi connectivity index (χ4v) is 2.30. The van der Waals surface area contributed by atoms with Gasteiger partial charge in [0.05, 0.1) is 0 Å². The minimum absolute atomic E-state index is 0.105. The van der Waals surface area contributed by atoms with E-state index in [-0.39, 0.29) is 18.4 Å². The second-order valence-electron chi connectivity index (χ2n) is 4.40. The maximum Gasteiger partial charge on any atom is 0.242 e. The van der Waals surface area contributed by atoms with Crippen molar-refractivity contribution in [1.29, 1.82) is 0 Å². The van der Waals surface area contributed by atoms with Crippen molar-refractivity contribution in [3.63, 3.8) is 0 Å². The SMILES string of the molecule is CCC(=O)N(Cc1ccc(Cl)cc1Cl)C(C)C(=O)NC. The molecule has 0 saturated carbocycles. The van der Waals surface area contributed by atoms with Crippen LogP contribution in [0.15, 0.2) is 18.2 Å². The lowest BCUT2D eigenvalue weighted by atomic mass is 10.1. The Morgan fingerprint density at radius 3 is 2.50 bits per heavy atom. The summed E-state index contributed by atoms with van der Waals surface area (Å²) in [7, 11) is 1.54. The molecular formula is C14H18Cl2N2O2. The van der Waals surface area contributed by atoms with Crippen LogP contribution in [0.5, 0.6) is 0 Å². The Hall–Kier alpha value is -1.26. The zero-order valence-electron chi connectivity index (χ0n) is 11.7. The number of benzene rings is 1. The van der Waals surface area contributed by atoms with Crippen LogP contribution in [0.3, 0.4) is 0 Å². The fraction of sp³-hybridized carbons (Fsp3) is 0.429. The van der Waals surface area contributed by atoms with Crippen LogP contribution in [0.2, 0.25) is 10.0 Å². The number of carbonyl (C=O) groups is 2. The van der Waals surface area contributed by atoms with Crippen molar-refractivity contribution in [1.82, 2.24) is 10.2 Å². The molecule has 0 aliphatic heterocycles. The van der Waals surface area contributed by atoms with Crippen LogP contribution in [0, 0.1) is 0 Å². The van der Waals surface area contributed by atoms with Gasteiger partial charge in [-0.2, -0.15) is 0 Å². The first-order chi connectivity index (χ1) is 9.40. The molecule has 0 aliphatic carbocycles. The van der Waals surface area contributed by atoms with Crippen LogP contribution < -0.4 is 5.32 Å². The number of halogens is 2. The molecule has 0 fully saturated rings. The van der Waals surface area contributed by atoms with E-state index < -0.39 is 6.04 Å². The molecule has 20 heavy (non-hydrogen) atoms. The van der Waals surface area contributed by atoms with E-state index in [0.29, 0.717) is 16.5 Å². The highest BCUT2D eigenvalue weighted by Gasteiger charge is 2.24. The van der Waals surface area contributed by atoms with Gasteiger partial charge < -0.3 is 10.2 Å². The summed E-state index contributed by atoms with van der Waals surface area (Å²) in [6.07, 6.45) is 0.326. The summed E-state index contributed by atoms with van der Waals surface area (Å²) in [5.41, 5.74) is 0.758. The molecule has 0 heterocycles. The number of hydrogen-bond donors (Lipinski definition) is 1. The molecule has 1 aromatic rings. The quantitative estimate of drug-likeness (QED) is 0.908. The molecule has 4 nitrogen and oxygen atoms in total. The van der Waals surface area contributed by atoms with Gasteiger partial charge in [-0.25, -0.2) is 0 Å². The Morgan fingerprint density at radius 2 is 2.00 bits per heavy atom. The van der Waals surface area contributed by atoms with E-state index in [2.05, 4.69) is 5.32 Å². The van der Waals surface area contributed by atoms with Crippen molar-refractivity contribution in [2.75, 3.05) is 7.05 Å². The Labute approximate surface area is 129 Å². The molecule has 110 valence electrons. The number of rotatable bonds is 5. The second-order valence-corrected chi connectivity index (χ2v) is 5.24. The van der Waals surface area contributed by atoms with Crippen molar-refractivity contribution in [3.05, 3.63) is 33.8 Å². The second kappa shape index (κ2) is 7.50. The largest absolute Gasteiger partial charge is 0.357 e. The first kappa shape index (κ1) is 16.8. The molecular weight excluding hydrogens is 299 g/mol. The van der Waals surface area contributed by atoms with Gasteiger partial charge in [-0.15, -0.1) is 0 Å². The van der Waals surface area contributed by atoms with Crippen molar-refractivity contribution in [3.8, 4) is 0 Å². The van der Waals surface area contributed by atoms with Crippen LogP contribution in [-0.4, -0.2) is 29.8 Å². The van der Waals surface area contributed by atoms with Gasteiger partial charge in [-0.1, -0.05) is 36.2 Å². The third-order valence-electron chi connectivity index (χ3n) is 3.07. The number of carbonyl (C=O) groups excluding carboxylic acids is 2. The normalized spacial score (nSPS) is 11.8. The smallest absolute Gasteiger partial charge is 0.242 e. The molecule has 0 radical (unpaired) electrons. The van der Waals surface area contributed by atoms with E-state index >= 15 is 0 Å². The number of nitrogens with one attached hydrogen (secondary N) is 1. The number of likely N-dealkylation sites (N-methyl/N-ethyl adjacent to an activating group) is 1. The molecule has 1 N–H and O–H groups in total. The molecule has 0 aliphatic rings. The molecule has 6 heteroatoms. The predicted molar refractivity (Wildman–Crippen MR) is 80.8 cm³/mol. The third kappa shape index (κ3) is 4.12. The number of nitrogens with zero attached hydrogens (tertiary/aromatic N) is 1. The van der Waals surface area contributed by atoms with Gasteiger partial charge in [-0.05, 0) is 24.6 Å². The molecule has 0 bridgehead atoms. The zero-order chi connectivity index (χ0) is 15.3. The predicted octanol–water partition coefficient (Wildman–Crippen LogP) is 2.87. The maximum atomic E-state index is 12.0. The fourth-order valence-electron chi connectivity index (χ4n) is 1.83. The van der Waals surface area contributed by atoms with Gasteiger partial charge in [0.1, 0.15) is 6.04 Å². The van der Waals surface area contributed by atoms with Gasteiger partial charge in [-0.3, -0.25) is 9.59 Å². The standard InChI is InChI=1S/C14H18Cl2N2O2/c1-4-13(19)18(9(2)14(20)17-3)8-10-5-6-11(15)7-12(10)16/h5-7,9H,4,8H2,1-3H3,(H,17,20). The van der Waals surface area contributed by atoms with E-state index in [4.69, 9.17) is 23.2 Å². The monoisotopic (exact) mass is 316 g/mol. The number of amides is 2. The van der Waals surface area contributed by atoms with E-state index in [1.165, 1.54) is 4.90 Å². The average Bonchev–Trinajstić information content (AvgIpc) is 2.44. The van der Waals surface area contributed by atoms with Gasteiger partial charge in [0, 0.05) is 30.1 Å². The molecule has 1 rings (SSSR count). The molecule has 1 atom stereocenters. The highest BCUT2D eigenvalue weighted by atomic mass is 35.5. The van der Waals surface area contributed by atoms with Crippen LogP contribution in [-0.2, 0) is 16.1 Å². The molecule has 0 aromatic heterocycles. The van der Waals surface area contributed by atoms with E-state index in [1.807, 2.05) is 0 Å². The highest BCUT2D eigenvalue weighted by molar-refractivity contribution is 6.35. The van der Waals surface area contributed by atoms with Crippen molar-refractivity contribution >= 4 is 35.0 Å². The average molecular weight is 317 g/mol. The summed E-state index contributed by atoms with van der Waals surface area (Å²) in [6, 6.07) is 4.54. The first-order valence-corrected chi connectivity index (χ1v) is 7.11. The topological polar surface area (TPSA) is 49.4 Å². The van der Waals surface area contributed by atoms with Gasteiger partial charge >= 0.3 is 0 Å². The minimum atomic E-state index is -0.556. The highest BCUT2D eigenvalue weighted by Crippen LogP contribution is 2.23. The summed E-state index contributed by atoms with van der Waals surface area (Å²) < 4.78 is 0. The Balaban J connectivity index is 3.00. The minimum Gasteiger partial charge on any atom is -0.357 e. The van der Waals surface area contributed by atoms with Crippen LogP contribution in [0.1, 0.15) is 25.8 Å². The Bertz CT molecular complexity index is 506. The van der Waals surface area contributed by atoms with Crippen LogP contribution in [0.25, 0.3) is 0 Å². The molecule has 0 spiro atoms. The first-order valence-electron chi connectivity index (χ1n) is 6.35. The molecule has 2 amide bonds. The summed E-state index contributed by atoms with van der Waals surface area (Å²) in [4.78, 5) is 25.3. The van der Waals surface area contributed by atoms with Gasteiger partial charge in [0.25, 0.3) is 0 Å². The zero-order valence-corrected chi connectivity index (χ0v) is 13.3. The summed E-state index contributed by atoms with van der Waals surface area (Å²) in [6.45, 7) is 3.73. The van der Waals surface area contributed by atoms with E-state index in [9.17, 15) is 9.59 Å². The third-order valence-corrected chi connectivity index (χ3v) is 3.66. The van der Waals surface area contributed by atoms with Crippen LogP contribution >= 0.6 is 23.2 Å². The van der Waals surface area contributed by atoms with Gasteiger partial charge in [0.2, 0.25) is 11.8 Å². The Kier molecular flexibility index (Phi) is 6.30. The molecule has 0 saturated heterocycles. The summed E-state index contributed by atoms with van der Waals surface area (Å²) in [5.74, 6) is -0.316. The lowest BCUT2D eigenvalue weighted by molar-refractivity contribution is -0.140. The molecule has 1 aromatic carbocycles. The van der Waals surface area contributed by atoms with Crippen molar-refractivity contribution in [2.24, 2.45) is 0 Å². The van der Waals surface area contributed by atoms with E-state index in [1.54, 1.807) is 39.1 Å². The van der Waals surface area contributed by atoms with Crippen LogP contribution in [0.4, 0.5) is 0 Å². The lowest BCUT2D eigenvalue weighted by Crippen LogP contribution is -2.46.